The van der Waals surface area contributed by atoms with Crippen molar-refractivity contribution in [1.82, 2.24) is 14.5 Å². The number of imidazole rings is 1. The maximum atomic E-state index is 13.1. The van der Waals surface area contributed by atoms with E-state index >= 15 is 0 Å². The van der Waals surface area contributed by atoms with Crippen LogP contribution >= 0.6 is 0 Å². The van der Waals surface area contributed by atoms with Crippen LogP contribution in [0.1, 0.15) is 23.5 Å². The SMILES string of the molecule is O=C(c1nccn1-c1ccccc1)C1CCC(=O)N1c1ccncc1. The van der Waals surface area contributed by atoms with E-state index in [1.165, 1.54) is 0 Å². The van der Waals surface area contributed by atoms with Gasteiger partial charge in [-0.25, -0.2) is 4.98 Å². The predicted molar refractivity (Wildman–Crippen MR) is 92.6 cm³/mol. The van der Waals surface area contributed by atoms with E-state index in [9.17, 15) is 9.59 Å². The summed E-state index contributed by atoms with van der Waals surface area (Å²) in [7, 11) is 0. The van der Waals surface area contributed by atoms with Crippen LogP contribution in [0.15, 0.2) is 67.3 Å². The molecule has 0 saturated carbocycles. The van der Waals surface area contributed by atoms with Gasteiger partial charge in [-0.1, -0.05) is 18.2 Å². The van der Waals surface area contributed by atoms with Crippen molar-refractivity contribution in [2.75, 3.05) is 4.90 Å². The van der Waals surface area contributed by atoms with Crippen LogP contribution in [0.3, 0.4) is 0 Å². The van der Waals surface area contributed by atoms with Crippen LogP contribution in [0.4, 0.5) is 5.69 Å². The van der Waals surface area contributed by atoms with Gasteiger partial charge in [0.1, 0.15) is 6.04 Å². The van der Waals surface area contributed by atoms with Crippen LogP contribution < -0.4 is 4.90 Å². The van der Waals surface area contributed by atoms with Crippen molar-refractivity contribution in [2.45, 2.75) is 18.9 Å². The van der Waals surface area contributed by atoms with Gasteiger partial charge in [0.15, 0.2) is 5.82 Å². The second-order valence-electron chi connectivity index (χ2n) is 5.84. The van der Waals surface area contributed by atoms with Gasteiger partial charge < -0.3 is 4.90 Å². The van der Waals surface area contributed by atoms with Gasteiger partial charge in [-0.3, -0.25) is 19.1 Å². The number of anilines is 1. The molecular weight excluding hydrogens is 316 g/mol. The second kappa shape index (κ2) is 6.32. The number of para-hydroxylation sites is 1. The molecule has 1 aromatic carbocycles. The van der Waals surface area contributed by atoms with E-state index in [2.05, 4.69) is 9.97 Å². The Morgan fingerprint density at radius 3 is 2.52 bits per heavy atom. The molecule has 3 aromatic rings. The molecule has 2 aromatic heterocycles. The third kappa shape index (κ3) is 2.71. The van der Waals surface area contributed by atoms with E-state index in [4.69, 9.17) is 0 Å². The average molecular weight is 332 g/mol. The van der Waals surface area contributed by atoms with Crippen LogP contribution in [0.5, 0.6) is 0 Å². The minimum absolute atomic E-state index is 0.0534. The fourth-order valence-corrected chi connectivity index (χ4v) is 3.19. The Labute approximate surface area is 144 Å². The van der Waals surface area contributed by atoms with Crippen molar-refractivity contribution in [3.8, 4) is 5.69 Å². The summed E-state index contributed by atoms with van der Waals surface area (Å²) in [4.78, 5) is 35.3. The summed E-state index contributed by atoms with van der Waals surface area (Å²) < 4.78 is 1.76. The highest BCUT2D eigenvalue weighted by molar-refractivity contribution is 6.09. The first kappa shape index (κ1) is 15.3. The Morgan fingerprint density at radius 1 is 1.00 bits per heavy atom. The number of carbonyl (C=O) groups excluding carboxylic acids is 2. The van der Waals surface area contributed by atoms with E-state index < -0.39 is 6.04 Å². The average Bonchev–Trinajstić information content (AvgIpc) is 3.29. The first-order chi connectivity index (χ1) is 12.3. The molecule has 1 unspecified atom stereocenters. The molecule has 1 aliphatic heterocycles. The summed E-state index contributed by atoms with van der Waals surface area (Å²) in [6, 6.07) is 12.5. The van der Waals surface area contributed by atoms with Gasteiger partial charge in [-0.05, 0) is 30.7 Å². The van der Waals surface area contributed by atoms with Crippen molar-refractivity contribution in [3.05, 3.63) is 73.1 Å². The quantitative estimate of drug-likeness (QED) is 0.689. The summed E-state index contributed by atoms with van der Waals surface area (Å²) >= 11 is 0. The Bertz CT molecular complexity index is 905. The lowest BCUT2D eigenvalue weighted by molar-refractivity contribution is -0.117. The number of benzene rings is 1. The van der Waals surface area contributed by atoms with Gasteiger partial charge >= 0.3 is 0 Å². The highest BCUT2D eigenvalue weighted by Crippen LogP contribution is 2.28. The number of pyridine rings is 1. The lowest BCUT2D eigenvalue weighted by Gasteiger charge is -2.23. The van der Waals surface area contributed by atoms with E-state index in [0.717, 1.165) is 5.69 Å². The van der Waals surface area contributed by atoms with Crippen molar-refractivity contribution in [3.63, 3.8) is 0 Å². The Hall–Kier alpha value is -3.28. The Kier molecular flexibility index (Phi) is 3.85. The maximum absolute atomic E-state index is 13.1. The van der Waals surface area contributed by atoms with Crippen molar-refractivity contribution < 1.29 is 9.59 Å². The number of hydrogen-bond acceptors (Lipinski definition) is 4. The number of aromatic nitrogens is 3. The summed E-state index contributed by atoms with van der Waals surface area (Å²) in [6.07, 6.45) is 7.44. The molecule has 4 rings (SSSR count). The van der Waals surface area contributed by atoms with Gasteiger partial charge in [0.05, 0.1) is 0 Å². The molecule has 124 valence electrons. The molecule has 0 N–H and O–H groups in total. The lowest BCUT2D eigenvalue weighted by Crippen LogP contribution is -2.39. The van der Waals surface area contributed by atoms with E-state index in [-0.39, 0.29) is 11.7 Å². The monoisotopic (exact) mass is 332 g/mol. The van der Waals surface area contributed by atoms with Crippen LogP contribution in [0, 0.1) is 0 Å². The molecule has 6 heteroatoms. The van der Waals surface area contributed by atoms with Crippen LogP contribution in [0.25, 0.3) is 5.69 Å². The summed E-state index contributed by atoms with van der Waals surface area (Å²) in [6.45, 7) is 0. The molecular formula is C19H16N4O2. The molecule has 0 aliphatic carbocycles. The molecule has 1 fully saturated rings. The van der Waals surface area contributed by atoms with Gasteiger partial charge in [-0.2, -0.15) is 0 Å². The molecule has 25 heavy (non-hydrogen) atoms. The number of hydrogen-bond donors (Lipinski definition) is 0. The fourth-order valence-electron chi connectivity index (χ4n) is 3.19. The molecule has 1 aliphatic rings. The Balaban J connectivity index is 1.70. The molecule has 3 heterocycles. The lowest BCUT2D eigenvalue weighted by atomic mass is 10.1. The standard InChI is InChI=1S/C19H16N4O2/c24-17-7-6-16(23(17)15-8-10-20-11-9-15)18(25)19-21-12-13-22(19)14-4-2-1-3-5-14/h1-5,8-13,16H,6-7H2. The smallest absolute Gasteiger partial charge is 0.227 e. The number of amides is 1. The highest BCUT2D eigenvalue weighted by atomic mass is 16.2. The van der Waals surface area contributed by atoms with Crippen molar-refractivity contribution in [1.29, 1.82) is 0 Å². The number of ketones is 1. The molecule has 0 bridgehead atoms. The first-order valence-corrected chi connectivity index (χ1v) is 8.11. The Morgan fingerprint density at radius 2 is 1.76 bits per heavy atom. The largest absolute Gasteiger partial charge is 0.301 e. The molecule has 1 amide bonds. The van der Waals surface area contributed by atoms with Crippen LogP contribution in [0.2, 0.25) is 0 Å². The van der Waals surface area contributed by atoms with Crippen molar-refractivity contribution in [2.24, 2.45) is 0 Å². The molecule has 0 spiro atoms. The number of Topliss-reactive ketones (excluding diaryl/α,β-unsaturated/α-hetero) is 1. The van der Waals surface area contributed by atoms with Crippen LogP contribution in [-0.2, 0) is 4.79 Å². The summed E-state index contributed by atoms with van der Waals surface area (Å²) in [5, 5.41) is 0. The van der Waals surface area contributed by atoms with Crippen molar-refractivity contribution >= 4 is 17.4 Å². The fraction of sp³-hybridized carbons (Fsp3) is 0.158. The van der Waals surface area contributed by atoms with Crippen LogP contribution in [-0.4, -0.2) is 32.3 Å². The number of nitrogens with zero attached hydrogens (tertiary/aromatic N) is 4. The third-order valence-electron chi connectivity index (χ3n) is 4.35. The zero-order valence-corrected chi connectivity index (χ0v) is 13.4. The molecule has 0 radical (unpaired) electrons. The zero-order valence-electron chi connectivity index (χ0n) is 13.4. The first-order valence-electron chi connectivity index (χ1n) is 8.11. The molecule has 1 atom stereocenters. The van der Waals surface area contributed by atoms with E-state index in [0.29, 0.717) is 24.4 Å². The van der Waals surface area contributed by atoms with Gasteiger partial charge in [-0.15, -0.1) is 0 Å². The number of rotatable bonds is 4. The highest BCUT2D eigenvalue weighted by Gasteiger charge is 2.39. The van der Waals surface area contributed by atoms with Gasteiger partial charge in [0.2, 0.25) is 11.7 Å². The summed E-state index contributed by atoms with van der Waals surface area (Å²) in [5.41, 5.74) is 1.55. The van der Waals surface area contributed by atoms with E-state index in [1.54, 1.807) is 46.4 Å². The minimum Gasteiger partial charge on any atom is -0.301 e. The van der Waals surface area contributed by atoms with Gasteiger partial charge in [0.25, 0.3) is 0 Å². The summed E-state index contributed by atoms with van der Waals surface area (Å²) in [5.74, 6) is 0.129. The predicted octanol–water partition coefficient (Wildman–Crippen LogP) is 2.65. The minimum atomic E-state index is -0.542. The zero-order chi connectivity index (χ0) is 17.2. The normalized spacial score (nSPS) is 17.0. The second-order valence-corrected chi connectivity index (χ2v) is 5.84. The molecule has 1 saturated heterocycles. The van der Waals surface area contributed by atoms with E-state index in [1.807, 2.05) is 30.3 Å². The maximum Gasteiger partial charge on any atom is 0.227 e. The molecule has 6 nitrogen and oxygen atoms in total. The topological polar surface area (TPSA) is 68.1 Å². The third-order valence-corrected chi connectivity index (χ3v) is 4.35. The number of carbonyl (C=O) groups is 2. The van der Waals surface area contributed by atoms with Gasteiger partial charge in [0, 0.05) is 42.6 Å².